The van der Waals surface area contributed by atoms with Crippen LogP contribution in [0.2, 0.25) is 0 Å². The molecule has 1 atom stereocenters. The third-order valence-electron chi connectivity index (χ3n) is 4.07. The van der Waals surface area contributed by atoms with Crippen molar-refractivity contribution in [3.05, 3.63) is 45.1 Å². The van der Waals surface area contributed by atoms with Gasteiger partial charge in [0, 0.05) is 13.1 Å². The highest BCUT2D eigenvalue weighted by atomic mass is 16.2. The summed E-state index contributed by atoms with van der Waals surface area (Å²) in [6.45, 7) is 5.68. The van der Waals surface area contributed by atoms with Crippen LogP contribution in [0.15, 0.2) is 33.9 Å². The lowest BCUT2D eigenvalue weighted by Crippen LogP contribution is -2.47. The first-order valence-corrected chi connectivity index (χ1v) is 8.70. The van der Waals surface area contributed by atoms with Crippen LogP contribution in [0.25, 0.3) is 10.9 Å². The van der Waals surface area contributed by atoms with E-state index in [-0.39, 0.29) is 24.6 Å². The van der Waals surface area contributed by atoms with Gasteiger partial charge in [-0.1, -0.05) is 19.1 Å². The standard InChI is InChI=1S/C18H24N4O4/c1-4-10-19-16(24)12(3)20-15(23)11-22-14-9-7-6-8-13(14)17(25)21(5-2)18(22)26/h6-9,12H,4-5,10-11H2,1-3H3,(H,19,24)(H,20,23). The van der Waals surface area contributed by atoms with Crippen molar-refractivity contribution in [3.8, 4) is 0 Å². The van der Waals surface area contributed by atoms with Crippen LogP contribution in [0.3, 0.4) is 0 Å². The zero-order valence-corrected chi connectivity index (χ0v) is 15.2. The van der Waals surface area contributed by atoms with Gasteiger partial charge in [0.05, 0.1) is 10.9 Å². The summed E-state index contributed by atoms with van der Waals surface area (Å²) in [7, 11) is 0. The average molecular weight is 360 g/mol. The SMILES string of the molecule is CCCNC(=O)C(C)NC(=O)Cn1c(=O)n(CC)c(=O)c2ccccc21. The van der Waals surface area contributed by atoms with Gasteiger partial charge in [0.25, 0.3) is 5.56 Å². The molecule has 0 aliphatic heterocycles. The fourth-order valence-electron chi connectivity index (χ4n) is 2.70. The van der Waals surface area contributed by atoms with Crippen molar-refractivity contribution < 1.29 is 9.59 Å². The van der Waals surface area contributed by atoms with E-state index in [4.69, 9.17) is 0 Å². The molecule has 2 aromatic rings. The zero-order chi connectivity index (χ0) is 19.3. The molecule has 2 amide bonds. The summed E-state index contributed by atoms with van der Waals surface area (Å²) in [4.78, 5) is 49.2. The predicted molar refractivity (Wildman–Crippen MR) is 99.0 cm³/mol. The number of nitrogens with one attached hydrogen (secondary N) is 2. The Bertz CT molecular complexity index is 929. The van der Waals surface area contributed by atoms with Gasteiger partial charge in [0.1, 0.15) is 12.6 Å². The van der Waals surface area contributed by atoms with E-state index in [2.05, 4.69) is 10.6 Å². The van der Waals surface area contributed by atoms with Crippen LogP contribution in [-0.4, -0.2) is 33.5 Å². The molecular formula is C18H24N4O4. The van der Waals surface area contributed by atoms with E-state index in [1.165, 1.54) is 4.57 Å². The van der Waals surface area contributed by atoms with E-state index >= 15 is 0 Å². The van der Waals surface area contributed by atoms with E-state index in [1.807, 2.05) is 6.92 Å². The van der Waals surface area contributed by atoms with Crippen molar-refractivity contribution >= 4 is 22.7 Å². The van der Waals surface area contributed by atoms with Crippen LogP contribution in [0.1, 0.15) is 27.2 Å². The molecule has 0 saturated heterocycles. The number of hydrogen-bond donors (Lipinski definition) is 2. The van der Waals surface area contributed by atoms with Crippen molar-refractivity contribution in [1.82, 2.24) is 19.8 Å². The van der Waals surface area contributed by atoms with E-state index in [0.717, 1.165) is 11.0 Å². The summed E-state index contributed by atoms with van der Waals surface area (Å²) in [5, 5.41) is 5.65. The number of para-hydroxylation sites is 1. The highest BCUT2D eigenvalue weighted by Crippen LogP contribution is 2.07. The van der Waals surface area contributed by atoms with Crippen molar-refractivity contribution in [1.29, 1.82) is 0 Å². The Morgan fingerprint density at radius 2 is 1.81 bits per heavy atom. The Balaban J connectivity index is 2.31. The molecule has 0 radical (unpaired) electrons. The molecule has 8 heteroatoms. The van der Waals surface area contributed by atoms with Crippen molar-refractivity contribution in [2.24, 2.45) is 0 Å². The van der Waals surface area contributed by atoms with Gasteiger partial charge in [-0.05, 0) is 32.4 Å². The Kier molecular flexibility index (Phi) is 6.32. The van der Waals surface area contributed by atoms with Gasteiger partial charge in [0.2, 0.25) is 11.8 Å². The molecule has 1 unspecified atom stereocenters. The second-order valence-electron chi connectivity index (χ2n) is 6.02. The molecule has 1 aromatic carbocycles. The van der Waals surface area contributed by atoms with E-state index < -0.39 is 17.6 Å². The van der Waals surface area contributed by atoms with Crippen molar-refractivity contribution in [2.75, 3.05) is 6.54 Å². The molecule has 0 spiro atoms. The number of carbonyl (C=O) groups excluding carboxylic acids is 2. The Morgan fingerprint density at radius 1 is 1.12 bits per heavy atom. The summed E-state index contributed by atoms with van der Waals surface area (Å²) in [5.74, 6) is -0.756. The molecule has 1 aromatic heterocycles. The minimum absolute atomic E-state index is 0.208. The van der Waals surface area contributed by atoms with Gasteiger partial charge in [-0.25, -0.2) is 4.79 Å². The summed E-state index contributed by atoms with van der Waals surface area (Å²) >= 11 is 0. The summed E-state index contributed by atoms with van der Waals surface area (Å²) in [5.41, 5.74) is -0.531. The fourth-order valence-corrected chi connectivity index (χ4v) is 2.70. The first-order chi connectivity index (χ1) is 12.4. The van der Waals surface area contributed by atoms with E-state index in [0.29, 0.717) is 17.4 Å². The van der Waals surface area contributed by atoms with Crippen molar-refractivity contribution in [3.63, 3.8) is 0 Å². The minimum atomic E-state index is -0.715. The third-order valence-corrected chi connectivity index (χ3v) is 4.07. The van der Waals surface area contributed by atoms with Crippen LogP contribution in [0, 0.1) is 0 Å². The maximum absolute atomic E-state index is 12.6. The molecule has 0 saturated carbocycles. The second-order valence-corrected chi connectivity index (χ2v) is 6.02. The van der Waals surface area contributed by atoms with Crippen molar-refractivity contribution in [2.45, 2.75) is 46.3 Å². The Hall–Kier alpha value is -2.90. The number of carbonyl (C=O) groups is 2. The lowest BCUT2D eigenvalue weighted by atomic mass is 10.2. The van der Waals surface area contributed by atoms with Gasteiger partial charge in [0.15, 0.2) is 0 Å². The van der Waals surface area contributed by atoms with Crippen LogP contribution in [0.4, 0.5) is 0 Å². The Labute approximate surface area is 150 Å². The maximum atomic E-state index is 12.6. The second kappa shape index (κ2) is 8.46. The first kappa shape index (κ1) is 19.4. The number of aromatic nitrogens is 2. The number of benzene rings is 1. The number of rotatable bonds is 7. The van der Waals surface area contributed by atoms with E-state index in [1.54, 1.807) is 38.1 Å². The molecular weight excluding hydrogens is 336 g/mol. The zero-order valence-electron chi connectivity index (χ0n) is 15.2. The number of fused-ring (bicyclic) bond motifs is 1. The number of hydrogen-bond acceptors (Lipinski definition) is 4. The van der Waals surface area contributed by atoms with Crippen LogP contribution in [0.5, 0.6) is 0 Å². The largest absolute Gasteiger partial charge is 0.354 e. The minimum Gasteiger partial charge on any atom is -0.354 e. The summed E-state index contributed by atoms with van der Waals surface area (Å²) in [6.07, 6.45) is 0.798. The van der Waals surface area contributed by atoms with Gasteiger partial charge in [-0.2, -0.15) is 0 Å². The molecule has 2 rings (SSSR count). The topological polar surface area (TPSA) is 102 Å². The average Bonchev–Trinajstić information content (AvgIpc) is 2.63. The summed E-state index contributed by atoms with van der Waals surface area (Å²) < 4.78 is 2.35. The number of nitrogens with zero attached hydrogens (tertiary/aromatic N) is 2. The lowest BCUT2D eigenvalue weighted by molar-refractivity contribution is -0.128. The normalized spacial score (nSPS) is 12.0. The smallest absolute Gasteiger partial charge is 0.331 e. The molecule has 0 fully saturated rings. The lowest BCUT2D eigenvalue weighted by Gasteiger charge is -2.16. The molecule has 0 aliphatic rings. The third kappa shape index (κ3) is 4.01. The molecule has 26 heavy (non-hydrogen) atoms. The molecule has 140 valence electrons. The molecule has 1 heterocycles. The van der Waals surface area contributed by atoms with Gasteiger partial charge < -0.3 is 10.6 Å². The van der Waals surface area contributed by atoms with Crippen LogP contribution < -0.4 is 21.9 Å². The van der Waals surface area contributed by atoms with Gasteiger partial charge in [-0.3, -0.25) is 23.5 Å². The monoisotopic (exact) mass is 360 g/mol. The van der Waals surface area contributed by atoms with Crippen LogP contribution in [-0.2, 0) is 22.7 Å². The fraction of sp³-hybridized carbons (Fsp3) is 0.444. The summed E-state index contributed by atoms with van der Waals surface area (Å²) in [6, 6.07) is 5.94. The molecule has 2 N–H and O–H groups in total. The first-order valence-electron chi connectivity index (χ1n) is 8.70. The van der Waals surface area contributed by atoms with Crippen LogP contribution >= 0.6 is 0 Å². The highest BCUT2D eigenvalue weighted by molar-refractivity contribution is 5.88. The quantitative estimate of drug-likeness (QED) is 0.737. The molecule has 8 nitrogen and oxygen atoms in total. The predicted octanol–water partition coefficient (Wildman–Crippen LogP) is 0.214. The van der Waals surface area contributed by atoms with E-state index in [9.17, 15) is 19.2 Å². The van der Waals surface area contributed by atoms with Gasteiger partial charge in [-0.15, -0.1) is 0 Å². The Morgan fingerprint density at radius 3 is 2.46 bits per heavy atom. The molecule has 0 bridgehead atoms. The maximum Gasteiger partial charge on any atom is 0.331 e. The molecule has 0 aliphatic carbocycles. The highest BCUT2D eigenvalue weighted by Gasteiger charge is 2.18. The number of amides is 2. The van der Waals surface area contributed by atoms with Gasteiger partial charge >= 0.3 is 5.69 Å².